The smallest absolute Gasteiger partial charge is 0.291 e. The molecular weight excluding hydrogens is 402 g/mol. The van der Waals surface area contributed by atoms with Gasteiger partial charge in [-0.05, 0) is 37.7 Å². The zero-order chi connectivity index (χ0) is 21.5. The van der Waals surface area contributed by atoms with Gasteiger partial charge in [0.2, 0.25) is 11.8 Å². The molecule has 2 N–H and O–H groups in total. The Labute approximate surface area is 178 Å². The van der Waals surface area contributed by atoms with E-state index >= 15 is 0 Å². The van der Waals surface area contributed by atoms with Crippen LogP contribution in [0.5, 0.6) is 5.88 Å². The van der Waals surface area contributed by atoms with Gasteiger partial charge in [0.25, 0.3) is 11.5 Å². The van der Waals surface area contributed by atoms with Crippen LogP contribution in [0.15, 0.2) is 17.1 Å². The number of carbonyl (C=O) groups is 2. The van der Waals surface area contributed by atoms with E-state index in [0.717, 1.165) is 30.2 Å². The molecule has 0 spiro atoms. The highest BCUT2D eigenvalue weighted by atomic mass is 16.5. The van der Waals surface area contributed by atoms with E-state index in [0.29, 0.717) is 50.0 Å². The number of hydrogen-bond donors (Lipinski definition) is 2. The molecule has 0 radical (unpaired) electrons. The van der Waals surface area contributed by atoms with Gasteiger partial charge in [-0.1, -0.05) is 0 Å². The van der Waals surface area contributed by atoms with Crippen molar-refractivity contribution in [3.8, 4) is 5.88 Å². The van der Waals surface area contributed by atoms with Crippen LogP contribution in [0.1, 0.15) is 41.6 Å². The maximum absolute atomic E-state index is 13.0. The normalized spacial score (nSPS) is 19.3. The number of hydrogen-bond acceptors (Lipinski definition) is 6. The Morgan fingerprint density at radius 3 is 2.65 bits per heavy atom. The van der Waals surface area contributed by atoms with E-state index in [1.807, 2.05) is 0 Å². The van der Waals surface area contributed by atoms with Gasteiger partial charge in [0.1, 0.15) is 5.65 Å². The van der Waals surface area contributed by atoms with Crippen molar-refractivity contribution in [1.29, 1.82) is 0 Å². The fourth-order valence-corrected chi connectivity index (χ4v) is 3.79. The number of aromatic hydroxyl groups is 1. The first-order valence-corrected chi connectivity index (χ1v) is 10.7. The third-order valence-electron chi connectivity index (χ3n) is 5.92. The van der Waals surface area contributed by atoms with Gasteiger partial charge in [-0.15, -0.1) is 0 Å². The molecule has 1 saturated heterocycles. The van der Waals surface area contributed by atoms with Crippen molar-refractivity contribution in [3.05, 3.63) is 33.8 Å². The average Bonchev–Trinajstić information content (AvgIpc) is 3.70. The molecule has 0 unspecified atom stereocenters. The predicted octanol–water partition coefficient (Wildman–Crippen LogP) is 0.376. The predicted molar refractivity (Wildman–Crippen MR) is 111 cm³/mol. The number of aromatic nitrogens is 3. The summed E-state index contributed by atoms with van der Waals surface area (Å²) in [5.74, 6) is -0.703. The average molecular weight is 427 g/mol. The highest BCUT2D eigenvalue weighted by Gasteiger charge is 2.31. The lowest BCUT2D eigenvalue weighted by Crippen LogP contribution is -2.39. The molecule has 0 aromatic carbocycles. The summed E-state index contributed by atoms with van der Waals surface area (Å²) in [4.78, 5) is 39.8. The Balaban J connectivity index is 1.54. The van der Waals surface area contributed by atoms with Gasteiger partial charge in [0.05, 0.1) is 19.4 Å². The van der Waals surface area contributed by atoms with Crippen LogP contribution in [0.4, 0.5) is 0 Å². The SMILES string of the molecule is O=C(NC1CC1)c1c(O)n(CC2CC2)c2c(C=CC(=O)N3CCOCC3)cnn2c1=O. The van der Waals surface area contributed by atoms with Crippen LogP contribution < -0.4 is 10.9 Å². The Morgan fingerprint density at radius 2 is 1.97 bits per heavy atom. The number of fused-ring (bicyclic) bond motifs is 1. The molecule has 2 amide bonds. The molecule has 0 bridgehead atoms. The second-order valence-corrected chi connectivity index (χ2v) is 8.41. The van der Waals surface area contributed by atoms with E-state index < -0.39 is 11.5 Å². The maximum atomic E-state index is 13.0. The zero-order valence-electron chi connectivity index (χ0n) is 17.1. The van der Waals surface area contributed by atoms with Crippen molar-refractivity contribution in [2.24, 2.45) is 5.92 Å². The fourth-order valence-electron chi connectivity index (χ4n) is 3.79. The van der Waals surface area contributed by atoms with Gasteiger partial charge in [-0.2, -0.15) is 9.61 Å². The molecule has 3 heterocycles. The third kappa shape index (κ3) is 3.95. The van der Waals surface area contributed by atoms with Gasteiger partial charge >= 0.3 is 0 Å². The van der Waals surface area contributed by atoms with Crippen molar-refractivity contribution in [1.82, 2.24) is 24.4 Å². The molecule has 2 aromatic rings. The van der Waals surface area contributed by atoms with Crippen LogP contribution >= 0.6 is 0 Å². The summed E-state index contributed by atoms with van der Waals surface area (Å²) in [5, 5.41) is 17.9. The molecule has 2 aromatic heterocycles. The van der Waals surface area contributed by atoms with Crippen LogP contribution in [-0.4, -0.2) is 68.3 Å². The summed E-state index contributed by atoms with van der Waals surface area (Å²) in [7, 11) is 0. The van der Waals surface area contributed by atoms with E-state index in [1.54, 1.807) is 15.5 Å². The van der Waals surface area contributed by atoms with E-state index in [4.69, 9.17) is 4.74 Å². The Kier molecular flexibility index (Phi) is 5.01. The second-order valence-electron chi connectivity index (χ2n) is 8.41. The van der Waals surface area contributed by atoms with Gasteiger partial charge in [-0.25, -0.2) is 0 Å². The second kappa shape index (κ2) is 7.84. The first-order chi connectivity index (χ1) is 15.0. The van der Waals surface area contributed by atoms with Crippen molar-refractivity contribution < 1.29 is 19.4 Å². The molecule has 3 aliphatic rings. The minimum absolute atomic E-state index is 0.0567. The van der Waals surface area contributed by atoms with Crippen molar-refractivity contribution >= 4 is 23.5 Å². The number of carbonyl (C=O) groups excluding carboxylic acids is 2. The summed E-state index contributed by atoms with van der Waals surface area (Å²) >= 11 is 0. The van der Waals surface area contributed by atoms with Crippen LogP contribution in [0, 0.1) is 5.92 Å². The van der Waals surface area contributed by atoms with Gasteiger partial charge in [0.15, 0.2) is 5.56 Å². The summed E-state index contributed by atoms with van der Waals surface area (Å²) in [6.07, 6.45) is 8.32. The molecule has 0 atom stereocenters. The fraction of sp³-hybridized carbons (Fsp3) is 0.524. The quantitative estimate of drug-likeness (QED) is 0.644. The number of ether oxygens (including phenoxy) is 1. The molecule has 1 aliphatic heterocycles. The van der Waals surface area contributed by atoms with E-state index in [2.05, 4.69) is 10.4 Å². The van der Waals surface area contributed by atoms with Gasteiger partial charge in [-0.3, -0.25) is 19.0 Å². The van der Waals surface area contributed by atoms with Crippen LogP contribution in [0.2, 0.25) is 0 Å². The Morgan fingerprint density at radius 1 is 1.23 bits per heavy atom. The summed E-state index contributed by atoms with van der Waals surface area (Å²) in [5.41, 5.74) is -0.0489. The molecule has 10 nitrogen and oxygen atoms in total. The first kappa shape index (κ1) is 19.8. The Hall–Kier alpha value is -3.14. The number of nitrogens with one attached hydrogen (secondary N) is 1. The largest absolute Gasteiger partial charge is 0.494 e. The zero-order valence-corrected chi connectivity index (χ0v) is 17.1. The van der Waals surface area contributed by atoms with E-state index in [1.165, 1.54) is 12.3 Å². The lowest BCUT2D eigenvalue weighted by molar-refractivity contribution is -0.129. The molecule has 2 saturated carbocycles. The molecule has 3 fully saturated rings. The highest BCUT2D eigenvalue weighted by Crippen LogP contribution is 2.34. The molecule has 2 aliphatic carbocycles. The number of morpholine rings is 1. The number of nitrogens with zero attached hydrogens (tertiary/aromatic N) is 4. The molecule has 164 valence electrons. The van der Waals surface area contributed by atoms with Crippen LogP contribution in [0.25, 0.3) is 11.7 Å². The number of amides is 2. The lowest BCUT2D eigenvalue weighted by atomic mass is 10.2. The first-order valence-electron chi connectivity index (χ1n) is 10.7. The van der Waals surface area contributed by atoms with E-state index in [-0.39, 0.29) is 23.4 Å². The molecule has 10 heteroatoms. The molecule has 31 heavy (non-hydrogen) atoms. The molecule has 5 rings (SSSR count). The summed E-state index contributed by atoms with van der Waals surface area (Å²) in [6.45, 7) is 2.56. The van der Waals surface area contributed by atoms with Crippen LogP contribution in [-0.2, 0) is 16.1 Å². The van der Waals surface area contributed by atoms with Crippen molar-refractivity contribution in [3.63, 3.8) is 0 Å². The van der Waals surface area contributed by atoms with Gasteiger partial charge < -0.3 is 20.1 Å². The minimum Gasteiger partial charge on any atom is -0.494 e. The summed E-state index contributed by atoms with van der Waals surface area (Å²) < 4.78 is 7.99. The van der Waals surface area contributed by atoms with Crippen molar-refractivity contribution in [2.75, 3.05) is 26.3 Å². The maximum Gasteiger partial charge on any atom is 0.291 e. The Bertz CT molecular complexity index is 1120. The standard InChI is InChI=1S/C21H25N5O5/c27-16(24-7-9-31-10-8-24)6-3-14-11-22-26-19(14)25(12-13-1-2-13)20(29)17(21(26)30)18(28)23-15-4-5-15/h3,6,11,13,15,29H,1-2,4-5,7-10,12H2,(H,23,28). The topological polar surface area (TPSA) is 118 Å². The third-order valence-corrected chi connectivity index (χ3v) is 5.92. The van der Waals surface area contributed by atoms with E-state index in [9.17, 15) is 19.5 Å². The lowest BCUT2D eigenvalue weighted by Gasteiger charge is -2.25. The minimum atomic E-state index is -0.670. The van der Waals surface area contributed by atoms with Crippen LogP contribution in [0.3, 0.4) is 0 Å². The van der Waals surface area contributed by atoms with Crippen molar-refractivity contribution in [2.45, 2.75) is 38.3 Å². The summed E-state index contributed by atoms with van der Waals surface area (Å²) in [6, 6.07) is 0.0567. The molecular formula is C21H25N5O5. The van der Waals surface area contributed by atoms with Gasteiger partial charge in [0, 0.05) is 37.3 Å². The number of rotatable bonds is 6. The highest BCUT2D eigenvalue weighted by molar-refractivity contribution is 5.97. The monoisotopic (exact) mass is 427 g/mol.